The van der Waals surface area contributed by atoms with Crippen molar-refractivity contribution >= 4 is 28.3 Å². The second-order valence-electron chi connectivity index (χ2n) is 7.14. The standard InChI is InChI=1S/C22H16F2N4O5/c1-22(23,24)33-17-9-4-14(5-10-17)21(29)25-15-6-2-13(3-7-15)20-26-18-11-8-16(28(31)32)12-19(18)27(20)30/h2-12,30H,1H3,(H,25,29). The van der Waals surface area contributed by atoms with E-state index in [4.69, 9.17) is 0 Å². The minimum atomic E-state index is -3.32. The number of non-ortho nitro benzene ring substituents is 1. The number of aromatic nitrogens is 2. The number of ether oxygens (including phenoxy) is 1. The van der Waals surface area contributed by atoms with E-state index in [1.165, 1.54) is 42.5 Å². The second kappa shape index (κ2) is 8.19. The molecule has 0 unspecified atom stereocenters. The van der Waals surface area contributed by atoms with Crippen molar-refractivity contribution in [2.24, 2.45) is 0 Å². The van der Waals surface area contributed by atoms with Crippen molar-refractivity contribution in [3.05, 3.63) is 82.4 Å². The summed E-state index contributed by atoms with van der Waals surface area (Å²) in [5.41, 5.74) is 1.58. The maximum absolute atomic E-state index is 12.9. The van der Waals surface area contributed by atoms with Crippen LogP contribution in [0.5, 0.6) is 5.75 Å². The van der Waals surface area contributed by atoms with Crippen molar-refractivity contribution in [3.8, 4) is 17.1 Å². The lowest BCUT2D eigenvalue weighted by Crippen LogP contribution is -2.19. The van der Waals surface area contributed by atoms with Crippen LogP contribution in [0, 0.1) is 10.1 Å². The fraction of sp³-hybridized carbons (Fsp3) is 0.0909. The minimum Gasteiger partial charge on any atom is -0.433 e. The van der Waals surface area contributed by atoms with Crippen LogP contribution in [0.1, 0.15) is 17.3 Å². The molecule has 168 valence electrons. The zero-order valence-electron chi connectivity index (χ0n) is 17.0. The average molecular weight is 454 g/mol. The molecule has 4 aromatic rings. The van der Waals surface area contributed by atoms with Crippen LogP contribution in [-0.4, -0.2) is 31.9 Å². The van der Waals surface area contributed by atoms with Gasteiger partial charge in [-0.25, -0.2) is 4.98 Å². The Hall–Kier alpha value is -4.54. The first kappa shape index (κ1) is 21.7. The predicted molar refractivity (Wildman–Crippen MR) is 115 cm³/mol. The van der Waals surface area contributed by atoms with Crippen molar-refractivity contribution in [3.63, 3.8) is 0 Å². The Labute approximate surface area is 185 Å². The lowest BCUT2D eigenvalue weighted by molar-refractivity contribution is -0.384. The van der Waals surface area contributed by atoms with E-state index in [0.29, 0.717) is 23.7 Å². The van der Waals surface area contributed by atoms with E-state index in [2.05, 4.69) is 15.0 Å². The smallest absolute Gasteiger partial charge is 0.394 e. The summed E-state index contributed by atoms with van der Waals surface area (Å²) in [6.07, 6.45) is -3.32. The van der Waals surface area contributed by atoms with Crippen LogP contribution in [0.4, 0.5) is 20.2 Å². The summed E-state index contributed by atoms with van der Waals surface area (Å²) in [7, 11) is 0. The summed E-state index contributed by atoms with van der Waals surface area (Å²) in [4.78, 5) is 27.1. The monoisotopic (exact) mass is 454 g/mol. The van der Waals surface area contributed by atoms with Crippen LogP contribution in [0.2, 0.25) is 0 Å². The number of alkyl halides is 2. The topological polar surface area (TPSA) is 120 Å². The largest absolute Gasteiger partial charge is 0.433 e. The van der Waals surface area contributed by atoms with Crippen molar-refractivity contribution in [1.82, 2.24) is 9.71 Å². The third kappa shape index (κ3) is 4.71. The Balaban J connectivity index is 1.50. The van der Waals surface area contributed by atoms with Gasteiger partial charge in [-0.05, 0) is 54.6 Å². The zero-order valence-corrected chi connectivity index (χ0v) is 17.0. The van der Waals surface area contributed by atoms with Gasteiger partial charge in [0, 0.05) is 35.9 Å². The fourth-order valence-electron chi connectivity index (χ4n) is 3.14. The molecule has 0 bridgehead atoms. The first-order chi connectivity index (χ1) is 15.6. The summed E-state index contributed by atoms with van der Waals surface area (Å²) in [5, 5.41) is 24.0. The van der Waals surface area contributed by atoms with Gasteiger partial charge in [0.15, 0.2) is 5.82 Å². The maximum Gasteiger partial charge on any atom is 0.394 e. The molecule has 0 saturated heterocycles. The molecule has 1 heterocycles. The number of carbonyl (C=O) groups is 1. The van der Waals surface area contributed by atoms with E-state index < -0.39 is 16.9 Å². The Morgan fingerprint density at radius 3 is 2.39 bits per heavy atom. The molecule has 11 heteroatoms. The SMILES string of the molecule is CC(F)(F)Oc1ccc(C(=O)Nc2ccc(-c3nc4ccc([N+](=O)[O-])cc4n3O)cc2)cc1. The number of nitro groups is 1. The molecule has 4 rings (SSSR count). The molecule has 0 saturated carbocycles. The molecule has 1 aromatic heterocycles. The second-order valence-corrected chi connectivity index (χ2v) is 7.14. The number of anilines is 1. The number of nitro benzene ring substituents is 1. The van der Waals surface area contributed by atoms with Gasteiger partial charge in [0.1, 0.15) is 11.3 Å². The number of hydrogen-bond acceptors (Lipinski definition) is 6. The van der Waals surface area contributed by atoms with E-state index in [9.17, 15) is 28.9 Å². The van der Waals surface area contributed by atoms with Crippen molar-refractivity contribution in [2.75, 3.05) is 5.32 Å². The fourth-order valence-corrected chi connectivity index (χ4v) is 3.14. The third-order valence-corrected chi connectivity index (χ3v) is 4.64. The van der Waals surface area contributed by atoms with Crippen molar-refractivity contribution in [2.45, 2.75) is 13.0 Å². The van der Waals surface area contributed by atoms with Crippen LogP contribution in [0.15, 0.2) is 66.7 Å². The number of hydrogen-bond donors (Lipinski definition) is 2. The van der Waals surface area contributed by atoms with Gasteiger partial charge in [-0.1, -0.05) is 0 Å². The Morgan fingerprint density at radius 2 is 1.79 bits per heavy atom. The van der Waals surface area contributed by atoms with Gasteiger partial charge in [-0.3, -0.25) is 14.9 Å². The summed E-state index contributed by atoms with van der Waals surface area (Å²) in [5.74, 6) is -0.355. The highest BCUT2D eigenvalue weighted by molar-refractivity contribution is 6.04. The Kier molecular flexibility index (Phi) is 5.38. The van der Waals surface area contributed by atoms with E-state index >= 15 is 0 Å². The normalized spacial score (nSPS) is 11.4. The zero-order chi connectivity index (χ0) is 23.8. The molecule has 1 amide bonds. The first-order valence-corrected chi connectivity index (χ1v) is 9.55. The molecular weight excluding hydrogens is 438 g/mol. The van der Waals surface area contributed by atoms with Crippen LogP contribution < -0.4 is 10.1 Å². The summed E-state index contributed by atoms with van der Waals surface area (Å²) >= 11 is 0. The summed E-state index contributed by atoms with van der Waals surface area (Å²) in [6.45, 7) is 0.618. The third-order valence-electron chi connectivity index (χ3n) is 4.64. The van der Waals surface area contributed by atoms with Gasteiger partial charge in [0.25, 0.3) is 11.6 Å². The van der Waals surface area contributed by atoms with Crippen molar-refractivity contribution in [1.29, 1.82) is 0 Å². The number of imidazole rings is 1. The number of amides is 1. The maximum atomic E-state index is 12.9. The molecular formula is C22H16F2N4O5. The Morgan fingerprint density at radius 1 is 1.12 bits per heavy atom. The minimum absolute atomic E-state index is 0.0689. The molecule has 3 aromatic carbocycles. The molecule has 0 fully saturated rings. The van der Waals surface area contributed by atoms with Crippen LogP contribution >= 0.6 is 0 Å². The molecule has 0 aliphatic carbocycles. The van der Waals surface area contributed by atoms with Gasteiger partial charge < -0.3 is 15.3 Å². The van der Waals surface area contributed by atoms with Crippen molar-refractivity contribution < 1.29 is 28.4 Å². The molecule has 2 N–H and O–H groups in total. The number of fused-ring (bicyclic) bond motifs is 1. The number of nitrogens with zero attached hydrogens (tertiary/aromatic N) is 3. The molecule has 0 radical (unpaired) electrons. The highest BCUT2D eigenvalue weighted by Gasteiger charge is 2.23. The molecule has 0 aliphatic heterocycles. The number of halogens is 2. The van der Waals surface area contributed by atoms with E-state index in [-0.39, 0.29) is 28.3 Å². The van der Waals surface area contributed by atoms with Gasteiger partial charge in [-0.15, -0.1) is 0 Å². The highest BCUT2D eigenvalue weighted by Crippen LogP contribution is 2.27. The van der Waals surface area contributed by atoms with Gasteiger partial charge in [-0.2, -0.15) is 13.5 Å². The molecule has 9 nitrogen and oxygen atoms in total. The molecule has 33 heavy (non-hydrogen) atoms. The van der Waals surface area contributed by atoms with E-state index in [1.807, 2.05) is 0 Å². The average Bonchev–Trinajstić information content (AvgIpc) is 3.09. The van der Waals surface area contributed by atoms with Gasteiger partial charge in [0.05, 0.1) is 10.4 Å². The number of carbonyl (C=O) groups excluding carboxylic acids is 1. The molecule has 0 aliphatic rings. The van der Waals surface area contributed by atoms with Crippen LogP contribution in [0.25, 0.3) is 22.4 Å². The number of benzene rings is 3. The molecule has 0 atom stereocenters. The van der Waals surface area contributed by atoms with Gasteiger partial charge in [0.2, 0.25) is 0 Å². The predicted octanol–water partition coefficient (Wildman–Crippen LogP) is 5.09. The highest BCUT2D eigenvalue weighted by atomic mass is 19.3. The molecule has 0 spiro atoms. The first-order valence-electron chi connectivity index (χ1n) is 9.55. The van der Waals surface area contributed by atoms with E-state index in [1.54, 1.807) is 24.3 Å². The lowest BCUT2D eigenvalue weighted by atomic mass is 10.1. The number of nitrogens with one attached hydrogen (secondary N) is 1. The van der Waals surface area contributed by atoms with Crippen LogP contribution in [0.3, 0.4) is 0 Å². The summed E-state index contributed by atoms with van der Waals surface area (Å²) < 4.78 is 31.0. The summed E-state index contributed by atoms with van der Waals surface area (Å²) in [6, 6.07) is 15.6. The van der Waals surface area contributed by atoms with Crippen LogP contribution in [-0.2, 0) is 0 Å². The van der Waals surface area contributed by atoms with E-state index in [0.717, 1.165) is 4.73 Å². The van der Waals surface area contributed by atoms with Gasteiger partial charge >= 0.3 is 6.11 Å². The quantitative estimate of drug-likeness (QED) is 0.238. The number of rotatable bonds is 6. The lowest BCUT2D eigenvalue weighted by Gasteiger charge is -2.13. The Bertz CT molecular complexity index is 1350.